The number of carboxylic acid groups (broad SMARTS) is 1. The van der Waals surface area contributed by atoms with Crippen LogP contribution in [-0.2, 0) is 4.79 Å². The standard InChI is InChI=1S/C22H30O4.Na/c1-2-3-10-15-20(23)17-12-8-9-13-18-21(24)16-11-6-4-5-7-14-19-22(25)26;/h3,5-11,13,18,20-21,23-24H,2,4,14-16,19H2,1H3,(H,25,26);/q;+1/p-1/b7-5-,9-8+,10-3-,11-6-,18-13+;/t20-,21+;/m0./s1. The van der Waals surface area contributed by atoms with Crippen LogP contribution in [0.5, 0.6) is 0 Å². The van der Waals surface area contributed by atoms with E-state index < -0.39 is 18.2 Å². The van der Waals surface area contributed by atoms with Crippen molar-refractivity contribution in [2.45, 2.75) is 57.7 Å². The van der Waals surface area contributed by atoms with Crippen LogP contribution in [0, 0.1) is 11.8 Å². The molecule has 4 nitrogen and oxygen atoms in total. The number of aliphatic hydroxyl groups is 2. The van der Waals surface area contributed by atoms with Gasteiger partial charge in [-0.2, -0.15) is 0 Å². The molecule has 0 aliphatic rings. The van der Waals surface area contributed by atoms with E-state index >= 15 is 0 Å². The summed E-state index contributed by atoms with van der Waals surface area (Å²) in [6.07, 6.45) is 20.1. The topological polar surface area (TPSA) is 80.6 Å². The maximum Gasteiger partial charge on any atom is 1.00 e. The van der Waals surface area contributed by atoms with Gasteiger partial charge in [0.05, 0.1) is 6.10 Å². The molecule has 0 saturated carbocycles. The van der Waals surface area contributed by atoms with Crippen molar-refractivity contribution in [1.29, 1.82) is 0 Å². The van der Waals surface area contributed by atoms with E-state index in [4.69, 9.17) is 0 Å². The smallest absolute Gasteiger partial charge is 0.550 e. The Morgan fingerprint density at radius 2 is 1.74 bits per heavy atom. The van der Waals surface area contributed by atoms with Crippen molar-refractivity contribution in [3.05, 3.63) is 60.8 Å². The second-order valence-corrected chi connectivity index (χ2v) is 5.56. The molecule has 0 radical (unpaired) electrons. The molecule has 0 unspecified atom stereocenters. The van der Waals surface area contributed by atoms with Crippen molar-refractivity contribution in [2.75, 3.05) is 0 Å². The molecule has 5 heteroatoms. The number of hydrogen-bond donors (Lipinski definition) is 2. The minimum atomic E-state index is -1.04. The third kappa shape index (κ3) is 22.6. The molecule has 2 atom stereocenters. The Labute approximate surface area is 185 Å². The van der Waals surface area contributed by atoms with Crippen molar-refractivity contribution in [2.24, 2.45) is 0 Å². The van der Waals surface area contributed by atoms with Gasteiger partial charge in [-0.3, -0.25) is 0 Å². The molecule has 0 aliphatic carbocycles. The summed E-state index contributed by atoms with van der Waals surface area (Å²) in [6.45, 7) is 2.04. The van der Waals surface area contributed by atoms with Crippen LogP contribution in [0.2, 0.25) is 0 Å². The molecule has 0 fully saturated rings. The predicted molar refractivity (Wildman–Crippen MR) is 104 cm³/mol. The molecule has 0 saturated heterocycles. The Morgan fingerprint density at radius 3 is 2.44 bits per heavy atom. The van der Waals surface area contributed by atoms with Crippen molar-refractivity contribution < 1.29 is 49.7 Å². The first-order valence-corrected chi connectivity index (χ1v) is 8.91. The summed E-state index contributed by atoms with van der Waals surface area (Å²) in [5, 5.41) is 29.6. The average molecular weight is 380 g/mol. The summed E-state index contributed by atoms with van der Waals surface area (Å²) in [5.74, 6) is 4.43. The second-order valence-electron chi connectivity index (χ2n) is 5.56. The number of carboxylic acids is 1. The van der Waals surface area contributed by atoms with Crippen LogP contribution >= 0.6 is 0 Å². The molecule has 0 aromatic heterocycles. The number of allylic oxidation sites excluding steroid dienone is 7. The molecule has 0 aromatic rings. The number of aliphatic hydroxyl groups excluding tert-OH is 2. The Morgan fingerprint density at radius 1 is 1.04 bits per heavy atom. The molecule has 0 aliphatic heterocycles. The fourth-order valence-corrected chi connectivity index (χ4v) is 1.80. The maximum absolute atomic E-state index is 10.2. The first-order valence-electron chi connectivity index (χ1n) is 8.91. The van der Waals surface area contributed by atoms with Crippen LogP contribution in [0.3, 0.4) is 0 Å². The molecule has 27 heavy (non-hydrogen) atoms. The van der Waals surface area contributed by atoms with Gasteiger partial charge in [0.15, 0.2) is 0 Å². The van der Waals surface area contributed by atoms with Crippen molar-refractivity contribution >= 4 is 5.97 Å². The van der Waals surface area contributed by atoms with Gasteiger partial charge in [-0.05, 0) is 38.2 Å². The molecule has 0 heterocycles. The van der Waals surface area contributed by atoms with Gasteiger partial charge in [-0.25, -0.2) is 0 Å². The molecule has 2 N–H and O–H groups in total. The second kappa shape index (κ2) is 21.0. The van der Waals surface area contributed by atoms with Gasteiger partial charge in [0.1, 0.15) is 6.10 Å². The van der Waals surface area contributed by atoms with Crippen LogP contribution in [0.15, 0.2) is 60.8 Å². The van der Waals surface area contributed by atoms with Gasteiger partial charge in [0.25, 0.3) is 0 Å². The maximum atomic E-state index is 10.2. The SMILES string of the molecule is CC/C=C\C[C@H](O)C#C/C=C/C=C/[C@H](O)C/C=C\C/C=C\CCC(=O)[O-].[Na+]. The predicted octanol–water partition coefficient (Wildman–Crippen LogP) is -0.393. The zero-order valence-electron chi connectivity index (χ0n) is 16.4. The fraction of sp³-hybridized carbons (Fsp3) is 0.409. The molecule has 0 rings (SSSR count). The average Bonchev–Trinajstić information content (AvgIpc) is 2.60. The third-order valence-corrected chi connectivity index (χ3v) is 3.13. The zero-order valence-corrected chi connectivity index (χ0v) is 18.4. The van der Waals surface area contributed by atoms with Crippen LogP contribution in [-0.4, -0.2) is 28.4 Å². The molecule has 142 valence electrons. The van der Waals surface area contributed by atoms with Crippen LogP contribution in [0.1, 0.15) is 45.4 Å². The first-order chi connectivity index (χ1) is 12.6. The van der Waals surface area contributed by atoms with Gasteiger partial charge in [0.2, 0.25) is 0 Å². The molecular formula is C22H29NaO4. The third-order valence-electron chi connectivity index (χ3n) is 3.13. The zero-order chi connectivity index (χ0) is 19.5. The van der Waals surface area contributed by atoms with Crippen LogP contribution in [0.4, 0.5) is 0 Å². The summed E-state index contributed by atoms with van der Waals surface area (Å²) in [6, 6.07) is 0. The monoisotopic (exact) mass is 380 g/mol. The fourth-order valence-electron chi connectivity index (χ4n) is 1.80. The van der Waals surface area contributed by atoms with Crippen molar-refractivity contribution in [3.8, 4) is 11.8 Å². The van der Waals surface area contributed by atoms with Gasteiger partial charge in [0, 0.05) is 12.4 Å². The van der Waals surface area contributed by atoms with E-state index in [0.717, 1.165) is 6.42 Å². The number of carbonyl (C=O) groups is 1. The molecular weight excluding hydrogens is 351 g/mol. The minimum absolute atomic E-state index is 0. The van der Waals surface area contributed by atoms with E-state index in [1.165, 1.54) is 0 Å². The number of rotatable bonds is 12. The number of aliphatic carboxylic acids is 1. The van der Waals surface area contributed by atoms with Crippen molar-refractivity contribution in [1.82, 2.24) is 0 Å². The van der Waals surface area contributed by atoms with Gasteiger partial charge in [-0.1, -0.05) is 73.4 Å². The van der Waals surface area contributed by atoms with E-state index in [1.807, 2.05) is 37.3 Å². The van der Waals surface area contributed by atoms with Gasteiger partial charge < -0.3 is 20.1 Å². The summed E-state index contributed by atoms with van der Waals surface area (Å²) in [4.78, 5) is 10.2. The van der Waals surface area contributed by atoms with Gasteiger partial charge >= 0.3 is 29.6 Å². The van der Waals surface area contributed by atoms with Gasteiger partial charge in [-0.15, -0.1) is 0 Å². The van der Waals surface area contributed by atoms with Crippen LogP contribution in [0.25, 0.3) is 0 Å². The van der Waals surface area contributed by atoms with E-state index in [-0.39, 0.29) is 36.0 Å². The van der Waals surface area contributed by atoms with E-state index in [9.17, 15) is 20.1 Å². The molecule has 0 spiro atoms. The number of hydrogen-bond acceptors (Lipinski definition) is 4. The largest absolute Gasteiger partial charge is 1.00 e. The summed E-state index contributed by atoms with van der Waals surface area (Å²) in [5.41, 5.74) is 0. The Hall–Kier alpha value is -1.35. The normalized spacial score (nSPS) is 14.0. The van der Waals surface area contributed by atoms with E-state index in [2.05, 4.69) is 11.8 Å². The molecule has 0 bridgehead atoms. The Kier molecular flexibility index (Phi) is 21.6. The summed E-state index contributed by atoms with van der Waals surface area (Å²) < 4.78 is 0. The van der Waals surface area contributed by atoms with Crippen LogP contribution < -0.4 is 34.7 Å². The Bertz CT molecular complexity index is 577. The number of carbonyl (C=O) groups excluding carboxylic acids is 1. The summed E-state index contributed by atoms with van der Waals surface area (Å²) >= 11 is 0. The van der Waals surface area contributed by atoms with E-state index in [0.29, 0.717) is 25.7 Å². The first kappa shape index (κ1) is 27.9. The molecule has 0 amide bonds. The molecule has 0 aromatic carbocycles. The Balaban J connectivity index is 0. The summed E-state index contributed by atoms with van der Waals surface area (Å²) in [7, 11) is 0. The van der Waals surface area contributed by atoms with Crippen molar-refractivity contribution in [3.63, 3.8) is 0 Å². The van der Waals surface area contributed by atoms with E-state index in [1.54, 1.807) is 30.4 Å². The quantitative estimate of drug-likeness (QED) is 0.209. The minimum Gasteiger partial charge on any atom is -0.550 e.